The van der Waals surface area contributed by atoms with Crippen LogP contribution in [0.25, 0.3) is 10.9 Å². The minimum absolute atomic E-state index is 0.0785. The standard InChI is InChI=1S/C24H30ClN3O4/c1-3-12-32-24(30)28-11-10-27(14-17(28)15-31-2)23(29)16-8-9-19-21(13-16)26-20-7-5-4-6-18(20)22(19)25/h8-9,13,17H,3-7,10-12,14-15H2,1-2H3. The van der Waals surface area contributed by atoms with Crippen LogP contribution in [0.2, 0.25) is 5.02 Å². The summed E-state index contributed by atoms with van der Waals surface area (Å²) >= 11 is 6.68. The molecule has 2 aromatic rings. The average Bonchev–Trinajstić information content (AvgIpc) is 2.82. The van der Waals surface area contributed by atoms with Crippen LogP contribution in [-0.4, -0.2) is 72.8 Å². The van der Waals surface area contributed by atoms with Gasteiger partial charge in [-0.25, -0.2) is 4.79 Å². The highest BCUT2D eigenvalue weighted by molar-refractivity contribution is 6.36. The number of carbonyl (C=O) groups is 2. The SMILES string of the molecule is CCCOC(=O)N1CCN(C(=O)c2ccc3c(Cl)c4c(nc3c2)CCCC4)CC1COC. The van der Waals surface area contributed by atoms with Crippen LogP contribution < -0.4 is 0 Å². The number of benzene rings is 1. The van der Waals surface area contributed by atoms with Crippen molar-refractivity contribution >= 4 is 34.5 Å². The summed E-state index contributed by atoms with van der Waals surface area (Å²) in [6.07, 6.45) is 4.56. The highest BCUT2D eigenvalue weighted by Crippen LogP contribution is 2.33. The highest BCUT2D eigenvalue weighted by Gasteiger charge is 2.34. The third-order valence-corrected chi connectivity index (χ3v) is 6.67. The predicted octanol–water partition coefficient (Wildman–Crippen LogP) is 4.09. The van der Waals surface area contributed by atoms with E-state index in [-0.39, 0.29) is 18.0 Å². The van der Waals surface area contributed by atoms with Crippen LogP contribution in [0.4, 0.5) is 4.79 Å². The zero-order valence-electron chi connectivity index (χ0n) is 18.7. The van der Waals surface area contributed by atoms with Crippen molar-refractivity contribution < 1.29 is 19.1 Å². The number of rotatable bonds is 5. The minimum Gasteiger partial charge on any atom is -0.449 e. The van der Waals surface area contributed by atoms with Gasteiger partial charge in [-0.15, -0.1) is 0 Å². The molecule has 1 aliphatic heterocycles. The Kier molecular flexibility index (Phi) is 7.16. The molecule has 7 nitrogen and oxygen atoms in total. The smallest absolute Gasteiger partial charge is 0.410 e. The monoisotopic (exact) mass is 459 g/mol. The van der Waals surface area contributed by atoms with Gasteiger partial charge >= 0.3 is 6.09 Å². The summed E-state index contributed by atoms with van der Waals surface area (Å²) in [7, 11) is 1.59. The molecule has 1 aliphatic carbocycles. The summed E-state index contributed by atoms with van der Waals surface area (Å²) in [5.41, 5.74) is 3.54. The van der Waals surface area contributed by atoms with Gasteiger partial charge < -0.3 is 14.4 Å². The number of hydrogen-bond donors (Lipinski definition) is 0. The lowest BCUT2D eigenvalue weighted by atomic mass is 9.94. The van der Waals surface area contributed by atoms with E-state index in [1.54, 1.807) is 16.9 Å². The highest BCUT2D eigenvalue weighted by atomic mass is 35.5. The first-order valence-electron chi connectivity index (χ1n) is 11.4. The number of aromatic nitrogens is 1. The van der Waals surface area contributed by atoms with Crippen molar-refractivity contribution in [1.82, 2.24) is 14.8 Å². The van der Waals surface area contributed by atoms with Gasteiger partial charge in [0.25, 0.3) is 5.91 Å². The van der Waals surface area contributed by atoms with Crippen molar-refractivity contribution in [3.8, 4) is 0 Å². The Hall–Kier alpha value is -2.38. The Bertz CT molecular complexity index is 1010. The number of carbonyl (C=O) groups excluding carboxylic acids is 2. The van der Waals surface area contributed by atoms with Crippen molar-refractivity contribution in [1.29, 1.82) is 0 Å². The number of fused-ring (bicyclic) bond motifs is 2. The van der Waals surface area contributed by atoms with Gasteiger partial charge in [0.05, 0.1) is 29.8 Å². The molecule has 0 bridgehead atoms. The number of aryl methyl sites for hydroxylation is 1. The van der Waals surface area contributed by atoms with Crippen molar-refractivity contribution in [3.63, 3.8) is 0 Å². The maximum atomic E-state index is 13.3. The molecule has 172 valence electrons. The Morgan fingerprint density at radius 3 is 2.81 bits per heavy atom. The summed E-state index contributed by atoms with van der Waals surface area (Å²) in [5, 5.41) is 1.66. The first-order valence-corrected chi connectivity index (χ1v) is 11.7. The molecule has 1 fully saturated rings. The largest absolute Gasteiger partial charge is 0.449 e. The quantitative estimate of drug-likeness (QED) is 0.673. The lowest BCUT2D eigenvalue weighted by Gasteiger charge is -2.40. The molecule has 1 aromatic heterocycles. The topological polar surface area (TPSA) is 72.0 Å². The van der Waals surface area contributed by atoms with E-state index in [4.69, 9.17) is 26.1 Å². The van der Waals surface area contributed by atoms with E-state index in [1.807, 2.05) is 25.1 Å². The number of pyridine rings is 1. The molecule has 2 aliphatic rings. The lowest BCUT2D eigenvalue weighted by Crippen LogP contribution is -2.58. The summed E-state index contributed by atoms with van der Waals surface area (Å²) in [4.78, 5) is 34.0. The van der Waals surface area contributed by atoms with E-state index in [0.717, 1.165) is 59.3 Å². The molecule has 1 atom stereocenters. The number of ether oxygens (including phenoxy) is 2. The van der Waals surface area contributed by atoms with Crippen molar-refractivity contribution in [2.45, 2.75) is 45.1 Å². The van der Waals surface area contributed by atoms with E-state index < -0.39 is 0 Å². The number of halogens is 1. The zero-order chi connectivity index (χ0) is 22.7. The van der Waals surface area contributed by atoms with Gasteiger partial charge in [0.1, 0.15) is 0 Å². The van der Waals surface area contributed by atoms with E-state index in [9.17, 15) is 9.59 Å². The fourth-order valence-corrected chi connectivity index (χ4v) is 4.93. The van der Waals surface area contributed by atoms with Gasteiger partial charge in [0.2, 0.25) is 0 Å². The fourth-order valence-electron chi connectivity index (χ4n) is 4.57. The number of methoxy groups -OCH3 is 1. The molecule has 2 amide bonds. The Labute approximate surface area is 193 Å². The van der Waals surface area contributed by atoms with E-state index >= 15 is 0 Å². The van der Waals surface area contributed by atoms with Gasteiger partial charge in [-0.3, -0.25) is 14.7 Å². The van der Waals surface area contributed by atoms with Crippen LogP contribution in [0.15, 0.2) is 18.2 Å². The van der Waals surface area contributed by atoms with Crippen LogP contribution in [0.5, 0.6) is 0 Å². The normalized spacial score (nSPS) is 18.5. The molecule has 0 spiro atoms. The third kappa shape index (κ3) is 4.55. The van der Waals surface area contributed by atoms with Gasteiger partial charge in [0.15, 0.2) is 0 Å². The summed E-state index contributed by atoms with van der Waals surface area (Å²) in [5.74, 6) is -0.0785. The zero-order valence-corrected chi connectivity index (χ0v) is 19.5. The molecule has 32 heavy (non-hydrogen) atoms. The van der Waals surface area contributed by atoms with Crippen molar-refractivity contribution in [2.24, 2.45) is 0 Å². The van der Waals surface area contributed by atoms with Gasteiger partial charge in [0, 0.05) is 43.4 Å². The molecular formula is C24H30ClN3O4. The van der Waals surface area contributed by atoms with Crippen LogP contribution in [0, 0.1) is 0 Å². The van der Waals surface area contributed by atoms with Crippen molar-refractivity contribution in [2.75, 3.05) is 40.0 Å². The Morgan fingerprint density at radius 1 is 1.22 bits per heavy atom. The molecule has 0 saturated carbocycles. The second-order valence-corrected chi connectivity index (χ2v) is 8.84. The van der Waals surface area contributed by atoms with Crippen LogP contribution in [0.3, 0.4) is 0 Å². The van der Waals surface area contributed by atoms with Crippen LogP contribution in [0.1, 0.15) is 47.8 Å². The van der Waals surface area contributed by atoms with E-state index in [1.165, 1.54) is 0 Å². The van der Waals surface area contributed by atoms with Gasteiger partial charge in [-0.1, -0.05) is 24.6 Å². The molecule has 2 heterocycles. The number of piperazine rings is 1. The van der Waals surface area contributed by atoms with Gasteiger partial charge in [-0.05, 0) is 49.8 Å². The molecule has 1 unspecified atom stereocenters. The van der Waals surface area contributed by atoms with Crippen molar-refractivity contribution in [3.05, 3.63) is 40.0 Å². The molecular weight excluding hydrogens is 430 g/mol. The first kappa shape index (κ1) is 22.8. The number of nitrogens with zero attached hydrogens (tertiary/aromatic N) is 3. The molecule has 8 heteroatoms. The predicted molar refractivity (Wildman–Crippen MR) is 123 cm³/mol. The third-order valence-electron chi connectivity index (χ3n) is 6.23. The van der Waals surface area contributed by atoms with Crippen LogP contribution >= 0.6 is 11.6 Å². The number of amides is 2. The van der Waals surface area contributed by atoms with Gasteiger partial charge in [-0.2, -0.15) is 0 Å². The number of hydrogen-bond acceptors (Lipinski definition) is 5. The molecule has 0 N–H and O–H groups in total. The lowest BCUT2D eigenvalue weighted by molar-refractivity contribution is 0.0158. The second-order valence-electron chi connectivity index (χ2n) is 8.46. The first-order chi connectivity index (χ1) is 15.5. The maximum Gasteiger partial charge on any atom is 0.410 e. The molecule has 4 rings (SSSR count). The fraction of sp³-hybridized carbons (Fsp3) is 0.542. The van der Waals surface area contributed by atoms with Crippen LogP contribution in [-0.2, 0) is 22.3 Å². The Morgan fingerprint density at radius 2 is 2.03 bits per heavy atom. The summed E-state index contributed by atoms with van der Waals surface area (Å²) in [6.45, 7) is 3.92. The van der Waals surface area contributed by atoms with E-state index in [0.29, 0.717) is 38.4 Å². The maximum absolute atomic E-state index is 13.3. The minimum atomic E-state index is -0.352. The summed E-state index contributed by atoms with van der Waals surface area (Å²) < 4.78 is 10.6. The second kappa shape index (κ2) is 10.0. The van der Waals surface area contributed by atoms with E-state index in [2.05, 4.69) is 0 Å². The average molecular weight is 460 g/mol. The Balaban J connectivity index is 1.54. The molecule has 0 radical (unpaired) electrons. The summed E-state index contributed by atoms with van der Waals surface area (Å²) in [6, 6.07) is 5.31. The molecule has 1 aromatic carbocycles. The molecule has 1 saturated heterocycles.